The number of nitrogens with zero attached hydrogens (tertiary/aromatic N) is 2. The van der Waals surface area contributed by atoms with E-state index in [1.165, 1.54) is 40.0 Å². The maximum Gasteiger partial charge on any atom is 0.404 e. The fourth-order valence-electron chi connectivity index (χ4n) is 2.58. The van der Waals surface area contributed by atoms with E-state index in [0.29, 0.717) is 12.1 Å². The summed E-state index contributed by atoms with van der Waals surface area (Å²) in [6.07, 6.45) is 3.64. The van der Waals surface area contributed by atoms with Gasteiger partial charge in [-0.2, -0.15) is 11.3 Å². The van der Waals surface area contributed by atoms with E-state index in [2.05, 4.69) is 10.3 Å². The Morgan fingerprint density at radius 2 is 2.19 bits per heavy atom. The number of hydrogen-bond donors (Lipinski definition) is 2. The molecular formula is C17H17N3O4S2. The Hall–Kier alpha value is -2.65. The van der Waals surface area contributed by atoms with E-state index in [9.17, 15) is 13.2 Å². The summed E-state index contributed by atoms with van der Waals surface area (Å²) in [5.74, 6) is 0. The van der Waals surface area contributed by atoms with Crippen LogP contribution in [-0.4, -0.2) is 35.1 Å². The first kappa shape index (κ1) is 18.2. The van der Waals surface area contributed by atoms with Crippen molar-refractivity contribution in [3.05, 3.63) is 58.7 Å². The lowest BCUT2D eigenvalue weighted by Gasteiger charge is -2.10. The second kappa shape index (κ2) is 7.30. The predicted octanol–water partition coefficient (Wildman–Crippen LogP) is 2.97. The second-order valence-electron chi connectivity index (χ2n) is 5.67. The Bertz CT molecular complexity index is 1020. The van der Waals surface area contributed by atoms with Gasteiger partial charge in [-0.15, -0.1) is 0 Å². The topological polar surface area (TPSA) is 101 Å². The molecule has 0 bridgehead atoms. The van der Waals surface area contributed by atoms with Crippen molar-refractivity contribution in [1.29, 1.82) is 0 Å². The summed E-state index contributed by atoms with van der Waals surface area (Å²) in [6, 6.07) is 4.86. The van der Waals surface area contributed by atoms with Gasteiger partial charge in [-0.25, -0.2) is 17.2 Å². The van der Waals surface area contributed by atoms with E-state index < -0.39 is 16.1 Å². The van der Waals surface area contributed by atoms with Gasteiger partial charge < -0.3 is 10.4 Å². The predicted molar refractivity (Wildman–Crippen MR) is 99.0 cm³/mol. The minimum absolute atomic E-state index is 0.0972. The first-order valence-corrected chi connectivity index (χ1v) is 10.1. The van der Waals surface area contributed by atoms with E-state index in [1.54, 1.807) is 12.1 Å². The molecule has 0 spiro atoms. The summed E-state index contributed by atoms with van der Waals surface area (Å²) >= 11 is 1.50. The molecule has 0 unspecified atom stereocenters. The van der Waals surface area contributed by atoms with Crippen LogP contribution in [0, 0.1) is 6.92 Å². The molecular weight excluding hydrogens is 374 g/mol. The lowest BCUT2D eigenvalue weighted by Crippen LogP contribution is -2.23. The highest BCUT2D eigenvalue weighted by molar-refractivity contribution is 7.90. The zero-order valence-corrected chi connectivity index (χ0v) is 15.5. The van der Waals surface area contributed by atoms with E-state index in [4.69, 9.17) is 5.11 Å². The molecule has 7 nitrogen and oxygen atoms in total. The van der Waals surface area contributed by atoms with E-state index >= 15 is 0 Å². The molecule has 9 heteroatoms. The summed E-state index contributed by atoms with van der Waals surface area (Å²) < 4.78 is 27.4. The SMILES string of the molecule is Cc1cscc1-c1cc(CCNC(=O)O)cn1S(=O)(=O)c1cccnc1. The van der Waals surface area contributed by atoms with E-state index in [1.807, 2.05) is 17.7 Å². The molecule has 0 radical (unpaired) electrons. The molecule has 0 aliphatic carbocycles. The Kier molecular flexibility index (Phi) is 5.10. The number of aryl methyl sites for hydroxylation is 1. The van der Waals surface area contributed by atoms with Crippen LogP contribution in [-0.2, 0) is 16.4 Å². The molecule has 3 aromatic heterocycles. The van der Waals surface area contributed by atoms with Gasteiger partial charge in [-0.3, -0.25) is 4.98 Å². The lowest BCUT2D eigenvalue weighted by atomic mass is 10.1. The third kappa shape index (κ3) is 3.63. The number of amides is 1. The minimum atomic E-state index is -3.81. The molecule has 0 aliphatic heterocycles. The molecule has 1 amide bonds. The summed E-state index contributed by atoms with van der Waals surface area (Å²) in [7, 11) is -3.81. The van der Waals surface area contributed by atoms with Crippen LogP contribution in [0.25, 0.3) is 11.3 Å². The third-order valence-corrected chi connectivity index (χ3v) is 6.37. The van der Waals surface area contributed by atoms with Crippen molar-refractivity contribution < 1.29 is 18.3 Å². The maximum atomic E-state index is 13.1. The molecule has 3 aromatic rings. The van der Waals surface area contributed by atoms with Crippen molar-refractivity contribution in [3.8, 4) is 11.3 Å². The van der Waals surface area contributed by atoms with Gasteiger partial charge in [0.25, 0.3) is 10.0 Å². The first-order valence-electron chi connectivity index (χ1n) is 7.76. The number of carboxylic acid groups (broad SMARTS) is 1. The van der Waals surface area contributed by atoms with Crippen LogP contribution in [0.3, 0.4) is 0 Å². The van der Waals surface area contributed by atoms with Gasteiger partial charge in [-0.1, -0.05) is 0 Å². The molecule has 136 valence electrons. The van der Waals surface area contributed by atoms with Gasteiger partial charge in [0.05, 0.1) is 5.69 Å². The molecule has 0 fully saturated rings. The number of aromatic nitrogens is 2. The monoisotopic (exact) mass is 391 g/mol. The molecule has 3 heterocycles. The highest BCUT2D eigenvalue weighted by Crippen LogP contribution is 2.31. The Labute approximate surface area is 155 Å². The van der Waals surface area contributed by atoms with Crippen molar-refractivity contribution in [2.45, 2.75) is 18.2 Å². The maximum absolute atomic E-state index is 13.1. The smallest absolute Gasteiger partial charge is 0.404 e. The summed E-state index contributed by atoms with van der Waals surface area (Å²) in [6.45, 7) is 2.12. The average molecular weight is 391 g/mol. The zero-order chi connectivity index (χ0) is 18.7. The normalized spacial score (nSPS) is 11.4. The Morgan fingerprint density at radius 3 is 2.81 bits per heavy atom. The lowest BCUT2D eigenvalue weighted by molar-refractivity contribution is 0.194. The van der Waals surface area contributed by atoms with Crippen LogP contribution in [0.2, 0.25) is 0 Å². The van der Waals surface area contributed by atoms with E-state index in [0.717, 1.165) is 16.7 Å². The molecule has 3 rings (SSSR count). The van der Waals surface area contributed by atoms with Gasteiger partial charge >= 0.3 is 6.09 Å². The van der Waals surface area contributed by atoms with Crippen LogP contribution < -0.4 is 5.32 Å². The Morgan fingerprint density at radius 1 is 1.38 bits per heavy atom. The average Bonchev–Trinajstić information content (AvgIpc) is 3.21. The molecule has 0 saturated carbocycles. The van der Waals surface area contributed by atoms with Crippen LogP contribution in [0.15, 0.2) is 52.4 Å². The van der Waals surface area contributed by atoms with Crippen LogP contribution >= 0.6 is 11.3 Å². The fourth-order valence-corrected chi connectivity index (χ4v) is 4.78. The number of carbonyl (C=O) groups is 1. The molecule has 2 N–H and O–H groups in total. The summed E-state index contributed by atoms with van der Waals surface area (Å²) in [5, 5.41) is 14.8. The summed E-state index contributed by atoms with van der Waals surface area (Å²) in [4.78, 5) is 14.6. The molecule has 0 saturated heterocycles. The highest BCUT2D eigenvalue weighted by atomic mass is 32.2. The van der Waals surface area contributed by atoms with Gasteiger partial charge in [0, 0.05) is 36.1 Å². The number of hydrogen-bond acceptors (Lipinski definition) is 5. The van der Waals surface area contributed by atoms with Crippen molar-refractivity contribution in [3.63, 3.8) is 0 Å². The highest BCUT2D eigenvalue weighted by Gasteiger charge is 2.23. The summed E-state index contributed by atoms with van der Waals surface area (Å²) in [5.41, 5.74) is 3.09. The number of nitrogens with one attached hydrogen (secondary N) is 1. The fraction of sp³-hybridized carbons (Fsp3) is 0.176. The Balaban J connectivity index is 2.06. The van der Waals surface area contributed by atoms with E-state index in [-0.39, 0.29) is 11.4 Å². The van der Waals surface area contributed by atoms with Crippen LogP contribution in [0.4, 0.5) is 4.79 Å². The van der Waals surface area contributed by atoms with Gasteiger partial charge in [-0.05, 0) is 48.1 Å². The molecule has 0 aromatic carbocycles. The molecule has 0 aliphatic rings. The number of thiophene rings is 1. The van der Waals surface area contributed by atoms with Crippen molar-refractivity contribution in [1.82, 2.24) is 14.3 Å². The van der Waals surface area contributed by atoms with Crippen LogP contribution in [0.5, 0.6) is 0 Å². The largest absolute Gasteiger partial charge is 0.465 e. The second-order valence-corrected chi connectivity index (χ2v) is 8.23. The minimum Gasteiger partial charge on any atom is -0.465 e. The standard InChI is InChI=1S/C17H17N3O4S2/c1-12-10-25-11-15(12)16-7-13(4-6-19-17(21)22)9-20(16)26(23,24)14-3-2-5-18-8-14/h2-3,5,7-11,19H,4,6H2,1H3,(H,21,22). The van der Waals surface area contributed by atoms with Gasteiger partial charge in [0.2, 0.25) is 0 Å². The quantitative estimate of drug-likeness (QED) is 0.673. The van der Waals surface area contributed by atoms with Crippen LogP contribution in [0.1, 0.15) is 11.1 Å². The van der Waals surface area contributed by atoms with Crippen molar-refractivity contribution in [2.24, 2.45) is 0 Å². The molecule has 0 atom stereocenters. The number of rotatable bonds is 6. The molecule has 26 heavy (non-hydrogen) atoms. The van der Waals surface area contributed by atoms with Gasteiger partial charge in [0.1, 0.15) is 4.90 Å². The first-order chi connectivity index (χ1) is 12.4. The van der Waals surface area contributed by atoms with Gasteiger partial charge in [0.15, 0.2) is 0 Å². The number of pyridine rings is 1. The van der Waals surface area contributed by atoms with Crippen molar-refractivity contribution >= 4 is 27.5 Å². The third-order valence-electron chi connectivity index (χ3n) is 3.86. The van der Waals surface area contributed by atoms with Crippen molar-refractivity contribution in [2.75, 3.05) is 6.54 Å². The zero-order valence-electron chi connectivity index (χ0n) is 13.9.